The van der Waals surface area contributed by atoms with Crippen molar-refractivity contribution in [2.24, 2.45) is 50.2 Å². The minimum absolute atomic E-state index is 0.0391. The number of carbonyl (C=O) groups is 1. The van der Waals surface area contributed by atoms with Gasteiger partial charge in [0.25, 0.3) is 0 Å². The molecule has 0 amide bonds. The molecular weight excluding hydrogens is 973 g/mol. The maximum Gasteiger partial charge on any atom is 0.315 e. The molecule has 0 aromatic carbocycles. The van der Waals surface area contributed by atoms with Crippen LogP contribution in [0.5, 0.6) is 0 Å². The second kappa shape index (κ2) is 20.8. The van der Waals surface area contributed by atoms with Gasteiger partial charge in [0, 0.05) is 11.8 Å². The van der Waals surface area contributed by atoms with Crippen LogP contribution in [0.3, 0.4) is 0 Å². The van der Waals surface area contributed by atoms with Crippen LogP contribution in [0.4, 0.5) is 0 Å². The van der Waals surface area contributed by atoms with Crippen LogP contribution in [0.15, 0.2) is 11.6 Å². The Morgan fingerprint density at radius 2 is 1.34 bits per heavy atom. The lowest BCUT2D eigenvalue weighted by molar-refractivity contribution is -0.355. The molecule has 0 bridgehead atoms. The fourth-order valence-electron chi connectivity index (χ4n) is 16.1. The highest BCUT2D eigenvalue weighted by molar-refractivity contribution is 5.79. The van der Waals surface area contributed by atoms with Gasteiger partial charge >= 0.3 is 5.97 Å². The quantitative estimate of drug-likeness (QED) is 0.0714. The van der Waals surface area contributed by atoms with Crippen molar-refractivity contribution >= 4 is 5.97 Å². The zero-order valence-corrected chi connectivity index (χ0v) is 43.9. The average molecular weight is 1060 g/mol. The molecule has 4 saturated carbocycles. The van der Waals surface area contributed by atoms with Crippen molar-refractivity contribution < 1.29 is 104 Å². The predicted octanol–water partition coefficient (Wildman–Crippen LogP) is -0.367. The molecule has 4 saturated heterocycles. The first-order valence-electron chi connectivity index (χ1n) is 27.1. The van der Waals surface area contributed by atoms with E-state index in [1.165, 1.54) is 5.57 Å². The van der Waals surface area contributed by atoms with Crippen LogP contribution in [0.1, 0.15) is 119 Å². The molecule has 0 aromatic heterocycles. The molecule has 0 unspecified atom stereocenters. The maximum atomic E-state index is 15.1. The van der Waals surface area contributed by atoms with Gasteiger partial charge in [0.1, 0.15) is 73.2 Å². The molecule has 0 spiro atoms. The van der Waals surface area contributed by atoms with Crippen molar-refractivity contribution in [2.75, 3.05) is 26.4 Å². The highest BCUT2D eigenvalue weighted by Crippen LogP contribution is 2.76. The second-order valence-corrected chi connectivity index (χ2v) is 25.6. The number of hydrogen-bond donors (Lipinski definition) is 12. The number of aliphatic hydroxyl groups is 12. The highest BCUT2D eigenvalue weighted by Gasteiger charge is 2.70. The minimum Gasteiger partial charge on any atom is -0.432 e. The summed E-state index contributed by atoms with van der Waals surface area (Å²) >= 11 is 0. The molecule has 27 atom stereocenters. The van der Waals surface area contributed by atoms with E-state index in [9.17, 15) is 61.3 Å². The van der Waals surface area contributed by atoms with E-state index < -0.39 is 147 Å². The van der Waals surface area contributed by atoms with Crippen LogP contribution in [-0.4, -0.2) is 210 Å². The number of aliphatic hydroxyl groups excluding tert-OH is 12. The van der Waals surface area contributed by atoms with Crippen molar-refractivity contribution in [3.63, 3.8) is 0 Å². The van der Waals surface area contributed by atoms with Gasteiger partial charge in [-0.3, -0.25) is 4.79 Å². The van der Waals surface area contributed by atoms with E-state index >= 15 is 4.79 Å². The van der Waals surface area contributed by atoms with Crippen molar-refractivity contribution in [1.82, 2.24) is 0 Å². The van der Waals surface area contributed by atoms with Gasteiger partial charge in [-0.05, 0) is 111 Å². The number of esters is 1. The molecule has 8 fully saturated rings. The third-order valence-corrected chi connectivity index (χ3v) is 20.9. The lowest BCUT2D eigenvalue weighted by Gasteiger charge is -2.71. The first-order chi connectivity index (χ1) is 34.7. The Bertz CT molecular complexity index is 2030. The second-order valence-electron chi connectivity index (χ2n) is 25.6. The fraction of sp³-hybridized carbons (Fsp3) is 0.943. The summed E-state index contributed by atoms with van der Waals surface area (Å²) in [5.41, 5.74) is -1.39. The number of hydrogen-bond acceptors (Lipinski definition) is 21. The highest BCUT2D eigenvalue weighted by atomic mass is 16.8. The Labute approximate surface area is 433 Å². The van der Waals surface area contributed by atoms with Crippen molar-refractivity contribution in [2.45, 2.75) is 236 Å². The molecule has 424 valence electrons. The molecule has 9 aliphatic rings. The molecule has 12 N–H and O–H groups in total. The van der Waals surface area contributed by atoms with Crippen LogP contribution in [0, 0.1) is 50.2 Å². The molecule has 5 aliphatic carbocycles. The number of rotatable bonds is 11. The Kier molecular flexibility index (Phi) is 16.1. The Hall–Kier alpha value is -1.55. The van der Waals surface area contributed by atoms with Gasteiger partial charge in [0.15, 0.2) is 18.9 Å². The zero-order chi connectivity index (χ0) is 53.8. The summed E-state index contributed by atoms with van der Waals surface area (Å²) in [6.45, 7) is 13.6. The van der Waals surface area contributed by atoms with Crippen LogP contribution in [-0.2, 0) is 42.7 Å². The summed E-state index contributed by atoms with van der Waals surface area (Å²) in [7, 11) is 0. The topological polar surface area (TPSA) is 334 Å². The lowest BCUT2D eigenvalue weighted by atomic mass is 9.33. The largest absolute Gasteiger partial charge is 0.432 e. The maximum absolute atomic E-state index is 15.1. The number of ether oxygens (including phenoxy) is 8. The van der Waals surface area contributed by atoms with Gasteiger partial charge in [0.05, 0.1) is 50.2 Å². The van der Waals surface area contributed by atoms with E-state index in [0.29, 0.717) is 32.1 Å². The van der Waals surface area contributed by atoms with Crippen LogP contribution in [0.25, 0.3) is 0 Å². The van der Waals surface area contributed by atoms with Gasteiger partial charge in [-0.15, -0.1) is 0 Å². The van der Waals surface area contributed by atoms with Gasteiger partial charge in [-0.2, -0.15) is 0 Å². The van der Waals surface area contributed by atoms with Gasteiger partial charge in [-0.25, -0.2) is 0 Å². The monoisotopic (exact) mass is 1060 g/mol. The fourth-order valence-corrected chi connectivity index (χ4v) is 16.1. The Morgan fingerprint density at radius 3 is 2.04 bits per heavy atom. The number of carbonyl (C=O) groups excluding carboxylic acids is 1. The van der Waals surface area contributed by atoms with Gasteiger partial charge < -0.3 is 99.2 Å². The van der Waals surface area contributed by atoms with Gasteiger partial charge in [0.2, 0.25) is 6.29 Å². The third kappa shape index (κ3) is 9.37. The standard InChI is InChI=1S/C53H86O21/c1-24-18-27(56)35(59)45(69-24)73-42-29(20-54)70-43(41(65)38(42)62)68-22-30-36(60)37(61)40(64)46(71-30)74-47(66)53-16-14-48(2,3)19-26(53)25-8-9-32-49(4)12-11-33(72-44-39(63)34(58)28(57)21-67-44)50(5,23-55)31(49)10-13-52(32,7)51(25,6)15-17-53/h8,24,26-46,54-65H,9-23H2,1-7H3/t24-,26+,27+,28-,29+,30+,31+,32+,33-,34-,35+,36+,37-,38+,39+,40+,41+,42+,43+,44-,45-,46-,49-,50-,51+,52+,53-/m0/s1. The van der Waals surface area contributed by atoms with Gasteiger partial charge in [-0.1, -0.05) is 53.2 Å². The normalized spacial score (nSPS) is 54.4. The average Bonchev–Trinajstić information content (AvgIpc) is 3.35. The summed E-state index contributed by atoms with van der Waals surface area (Å²) in [6, 6.07) is 0. The van der Waals surface area contributed by atoms with Crippen LogP contribution < -0.4 is 0 Å². The summed E-state index contributed by atoms with van der Waals surface area (Å²) in [5, 5.41) is 129. The Balaban J connectivity index is 0.901. The lowest BCUT2D eigenvalue weighted by Crippen LogP contribution is -2.67. The molecule has 4 heterocycles. The molecule has 9 rings (SSSR count). The van der Waals surface area contributed by atoms with E-state index in [4.69, 9.17) is 37.9 Å². The van der Waals surface area contributed by atoms with Crippen LogP contribution >= 0.6 is 0 Å². The van der Waals surface area contributed by atoms with Crippen LogP contribution in [0.2, 0.25) is 0 Å². The number of fused-ring (bicyclic) bond motifs is 7. The number of allylic oxidation sites excluding steroid dienone is 2. The molecule has 21 heteroatoms. The minimum atomic E-state index is -1.85. The molecule has 21 nitrogen and oxygen atoms in total. The molecule has 0 aromatic rings. The first kappa shape index (κ1) is 57.1. The molecule has 4 aliphatic heterocycles. The smallest absolute Gasteiger partial charge is 0.315 e. The SMILES string of the molecule is C[C@H]1C[C@@H](O)[C@@H](O)[C@H](O[C@H]2[C@H](O)[C@@H](O)[C@H](OC[C@H]3O[C@@H](OC(=O)[C@]45CCC(C)(C)C[C@@H]4C4=CC[C@@H]6[C@@]7(C)CC[C@H](O[C@@H]8OC[C@H](O)[C@H](O)[C@H]8O)[C@@](C)(CO)[C@@H]7CC[C@@]6(C)[C@]4(C)CC5)[C@H](O)[C@@H](O)[C@@H]3O)O[C@@H]2CO)O1. The summed E-state index contributed by atoms with van der Waals surface area (Å²) in [5.74, 6) is -0.572. The van der Waals surface area contributed by atoms with Crippen molar-refractivity contribution in [3.8, 4) is 0 Å². The van der Waals surface area contributed by atoms with Crippen molar-refractivity contribution in [1.29, 1.82) is 0 Å². The molecular formula is C53H86O21. The zero-order valence-electron chi connectivity index (χ0n) is 43.9. The predicted molar refractivity (Wildman–Crippen MR) is 255 cm³/mol. The van der Waals surface area contributed by atoms with E-state index in [0.717, 1.165) is 32.1 Å². The summed E-state index contributed by atoms with van der Waals surface area (Å²) in [6.07, 6.45) is -17.6. The van der Waals surface area contributed by atoms with E-state index in [1.54, 1.807) is 6.92 Å². The van der Waals surface area contributed by atoms with E-state index in [1.807, 2.05) is 0 Å². The van der Waals surface area contributed by atoms with Crippen molar-refractivity contribution in [3.05, 3.63) is 11.6 Å². The molecule has 0 radical (unpaired) electrons. The summed E-state index contributed by atoms with van der Waals surface area (Å²) < 4.78 is 47.2. The Morgan fingerprint density at radius 1 is 0.662 bits per heavy atom. The third-order valence-electron chi connectivity index (χ3n) is 20.9. The van der Waals surface area contributed by atoms with E-state index in [2.05, 4.69) is 47.6 Å². The molecule has 74 heavy (non-hydrogen) atoms. The first-order valence-corrected chi connectivity index (χ1v) is 27.1. The van der Waals surface area contributed by atoms with E-state index in [-0.39, 0.29) is 59.0 Å². The summed E-state index contributed by atoms with van der Waals surface area (Å²) in [4.78, 5) is 15.1.